The number of aryl methyl sites for hydroxylation is 1. The van der Waals surface area contributed by atoms with Crippen molar-refractivity contribution in [2.45, 2.75) is 33.1 Å². The second-order valence-electron chi connectivity index (χ2n) is 4.40. The molecule has 4 nitrogen and oxygen atoms in total. The van der Waals surface area contributed by atoms with Crippen LogP contribution in [0.2, 0.25) is 0 Å². The lowest BCUT2D eigenvalue weighted by Crippen LogP contribution is -2.09. The average Bonchev–Trinajstić information content (AvgIpc) is 2.35. The number of esters is 1. The number of hydrogen-bond acceptors (Lipinski definition) is 3. The monoisotopic (exact) mass is 262 g/mol. The molecule has 0 aliphatic carbocycles. The second kappa shape index (κ2) is 6.73. The van der Waals surface area contributed by atoms with Crippen LogP contribution in [-0.4, -0.2) is 17.0 Å². The smallest absolute Gasteiger partial charge is 0.338 e. The predicted octanol–water partition coefficient (Wildman–Crippen LogP) is 3.21. The topological polar surface area (TPSA) is 63.6 Å². The highest BCUT2D eigenvalue weighted by atomic mass is 16.5. The van der Waals surface area contributed by atoms with E-state index in [0.29, 0.717) is 23.3 Å². The second-order valence-corrected chi connectivity index (χ2v) is 4.40. The zero-order valence-electron chi connectivity index (χ0n) is 11.2. The van der Waals surface area contributed by atoms with Gasteiger partial charge in [-0.3, -0.25) is 0 Å². The molecule has 19 heavy (non-hydrogen) atoms. The summed E-state index contributed by atoms with van der Waals surface area (Å²) in [6, 6.07) is 4.56. The first-order valence-electron chi connectivity index (χ1n) is 6.19. The molecular formula is C15H18O4. The van der Waals surface area contributed by atoms with E-state index in [2.05, 4.69) is 6.58 Å². The zero-order valence-corrected chi connectivity index (χ0v) is 11.2. The van der Waals surface area contributed by atoms with E-state index in [1.807, 2.05) is 6.92 Å². The summed E-state index contributed by atoms with van der Waals surface area (Å²) in [6.45, 7) is 7.09. The molecule has 1 aromatic rings. The van der Waals surface area contributed by atoms with Crippen LogP contribution in [0.4, 0.5) is 0 Å². The number of carboxylic acids is 1. The van der Waals surface area contributed by atoms with Crippen LogP contribution in [0.15, 0.2) is 30.4 Å². The molecule has 0 unspecified atom stereocenters. The van der Waals surface area contributed by atoms with Crippen molar-refractivity contribution >= 4 is 11.9 Å². The highest BCUT2D eigenvalue weighted by Crippen LogP contribution is 2.21. The zero-order chi connectivity index (χ0) is 14.4. The maximum atomic E-state index is 11.4. The molecule has 0 saturated heterocycles. The summed E-state index contributed by atoms with van der Waals surface area (Å²) < 4.78 is 5.10. The number of ether oxygens (including phenoxy) is 1. The molecule has 1 N–H and O–H groups in total. The van der Waals surface area contributed by atoms with Crippen LogP contribution in [0.3, 0.4) is 0 Å². The Bertz CT molecular complexity index is 503. The summed E-state index contributed by atoms with van der Waals surface area (Å²) in [6.07, 6.45) is 2.50. The molecular weight excluding hydrogens is 244 g/mol. The van der Waals surface area contributed by atoms with Crippen molar-refractivity contribution in [3.05, 3.63) is 41.5 Å². The molecule has 102 valence electrons. The Morgan fingerprint density at radius 3 is 2.58 bits per heavy atom. The molecule has 0 aliphatic heterocycles. The van der Waals surface area contributed by atoms with Crippen molar-refractivity contribution in [3.63, 3.8) is 0 Å². The van der Waals surface area contributed by atoms with Crippen LogP contribution >= 0.6 is 0 Å². The lowest BCUT2D eigenvalue weighted by molar-refractivity contribution is -0.130. The van der Waals surface area contributed by atoms with E-state index in [-0.39, 0.29) is 5.56 Å². The minimum Gasteiger partial charge on any atom is -0.478 e. The number of aromatic carboxylic acids is 1. The molecule has 0 saturated carbocycles. The van der Waals surface area contributed by atoms with E-state index >= 15 is 0 Å². The SMILES string of the molecule is C=C(C)C(=O)Oc1ccc(C(=O)O)c(CCCC)c1. The van der Waals surface area contributed by atoms with E-state index < -0.39 is 11.9 Å². The number of rotatable bonds is 6. The highest BCUT2D eigenvalue weighted by molar-refractivity contribution is 5.91. The van der Waals surface area contributed by atoms with Crippen molar-refractivity contribution < 1.29 is 19.4 Å². The Morgan fingerprint density at radius 1 is 1.37 bits per heavy atom. The third-order valence-electron chi connectivity index (χ3n) is 2.67. The van der Waals surface area contributed by atoms with E-state index in [0.717, 1.165) is 12.8 Å². The van der Waals surface area contributed by atoms with Crippen LogP contribution in [-0.2, 0) is 11.2 Å². The normalized spacial score (nSPS) is 10.0. The fraction of sp³-hybridized carbons (Fsp3) is 0.333. The van der Waals surface area contributed by atoms with Crippen molar-refractivity contribution in [1.82, 2.24) is 0 Å². The van der Waals surface area contributed by atoms with Gasteiger partial charge in [0.25, 0.3) is 0 Å². The van der Waals surface area contributed by atoms with Gasteiger partial charge in [0.1, 0.15) is 5.75 Å². The van der Waals surface area contributed by atoms with Crippen molar-refractivity contribution in [3.8, 4) is 5.75 Å². The van der Waals surface area contributed by atoms with E-state index in [4.69, 9.17) is 9.84 Å². The number of unbranched alkanes of at least 4 members (excludes halogenated alkanes) is 1. The molecule has 0 radical (unpaired) electrons. The third-order valence-corrected chi connectivity index (χ3v) is 2.67. The maximum Gasteiger partial charge on any atom is 0.338 e. The molecule has 0 bridgehead atoms. The Hall–Kier alpha value is -2.10. The van der Waals surface area contributed by atoms with Gasteiger partial charge in [0.15, 0.2) is 0 Å². The number of carboxylic acid groups (broad SMARTS) is 1. The van der Waals surface area contributed by atoms with Gasteiger partial charge in [0.05, 0.1) is 5.56 Å². The largest absolute Gasteiger partial charge is 0.478 e. The van der Waals surface area contributed by atoms with Gasteiger partial charge in [0.2, 0.25) is 0 Å². The molecule has 0 aliphatic rings. The number of hydrogen-bond donors (Lipinski definition) is 1. The van der Waals surface area contributed by atoms with Gasteiger partial charge in [-0.05, 0) is 43.5 Å². The maximum absolute atomic E-state index is 11.4. The molecule has 1 rings (SSSR count). The van der Waals surface area contributed by atoms with Crippen LogP contribution in [0.1, 0.15) is 42.6 Å². The van der Waals surface area contributed by atoms with E-state index in [9.17, 15) is 9.59 Å². The first-order chi connectivity index (χ1) is 8.95. The minimum atomic E-state index is -0.969. The van der Waals surface area contributed by atoms with Gasteiger partial charge in [-0.1, -0.05) is 19.9 Å². The van der Waals surface area contributed by atoms with Gasteiger partial charge in [-0.2, -0.15) is 0 Å². The predicted molar refractivity (Wildman–Crippen MR) is 72.5 cm³/mol. The third kappa shape index (κ3) is 4.25. The molecule has 0 atom stereocenters. The van der Waals surface area contributed by atoms with Crippen molar-refractivity contribution in [1.29, 1.82) is 0 Å². The van der Waals surface area contributed by atoms with Crippen molar-refractivity contribution in [2.75, 3.05) is 0 Å². The van der Waals surface area contributed by atoms with Crippen molar-refractivity contribution in [2.24, 2.45) is 0 Å². The first kappa shape index (κ1) is 15.0. The van der Waals surface area contributed by atoms with Gasteiger partial charge in [-0.15, -0.1) is 0 Å². The number of carbonyl (C=O) groups is 2. The molecule has 0 aromatic heterocycles. The summed E-state index contributed by atoms with van der Waals surface area (Å²) in [5.74, 6) is -1.13. The molecule has 0 heterocycles. The molecule has 1 aromatic carbocycles. The Kier molecular flexibility index (Phi) is 5.30. The molecule has 0 spiro atoms. The molecule has 4 heteroatoms. The lowest BCUT2D eigenvalue weighted by atomic mass is 10.0. The van der Waals surface area contributed by atoms with Gasteiger partial charge in [-0.25, -0.2) is 9.59 Å². The van der Waals surface area contributed by atoms with Crippen LogP contribution in [0.25, 0.3) is 0 Å². The molecule has 0 amide bonds. The Morgan fingerprint density at radius 2 is 2.05 bits per heavy atom. The quantitative estimate of drug-likeness (QED) is 0.485. The Labute approximate surface area is 112 Å². The average molecular weight is 262 g/mol. The fourth-order valence-corrected chi connectivity index (χ4v) is 1.61. The van der Waals surface area contributed by atoms with Gasteiger partial charge < -0.3 is 9.84 Å². The van der Waals surface area contributed by atoms with E-state index in [1.165, 1.54) is 12.1 Å². The summed E-state index contributed by atoms with van der Waals surface area (Å²) in [5.41, 5.74) is 1.24. The van der Waals surface area contributed by atoms with Gasteiger partial charge >= 0.3 is 11.9 Å². The fourth-order valence-electron chi connectivity index (χ4n) is 1.61. The summed E-state index contributed by atoms with van der Waals surface area (Å²) in [7, 11) is 0. The first-order valence-corrected chi connectivity index (χ1v) is 6.19. The van der Waals surface area contributed by atoms with E-state index in [1.54, 1.807) is 13.0 Å². The molecule has 0 fully saturated rings. The Balaban J connectivity index is 3.00. The summed E-state index contributed by atoms with van der Waals surface area (Å²) >= 11 is 0. The summed E-state index contributed by atoms with van der Waals surface area (Å²) in [5, 5.41) is 9.10. The van der Waals surface area contributed by atoms with Gasteiger partial charge in [0, 0.05) is 5.57 Å². The van der Waals surface area contributed by atoms with Crippen LogP contribution in [0.5, 0.6) is 5.75 Å². The van der Waals surface area contributed by atoms with Crippen LogP contribution < -0.4 is 4.74 Å². The number of benzene rings is 1. The summed E-state index contributed by atoms with van der Waals surface area (Å²) in [4.78, 5) is 22.5. The number of carbonyl (C=O) groups excluding carboxylic acids is 1. The van der Waals surface area contributed by atoms with Crippen LogP contribution in [0, 0.1) is 0 Å². The lowest BCUT2D eigenvalue weighted by Gasteiger charge is -2.09. The highest BCUT2D eigenvalue weighted by Gasteiger charge is 2.12. The minimum absolute atomic E-state index is 0.253. The standard InChI is InChI=1S/C15H18O4/c1-4-5-6-11-9-12(19-15(18)10(2)3)7-8-13(11)14(16)17/h7-9H,2,4-6H2,1,3H3,(H,16,17).